The topological polar surface area (TPSA) is 124 Å². The summed E-state index contributed by atoms with van der Waals surface area (Å²) in [5.74, 6) is -1.26. The van der Waals surface area contributed by atoms with Crippen LogP contribution in [0.1, 0.15) is 114 Å². The van der Waals surface area contributed by atoms with Gasteiger partial charge < -0.3 is 28.4 Å². The molecule has 7 aliphatic rings. The van der Waals surface area contributed by atoms with E-state index in [1.165, 1.54) is 12.7 Å². The van der Waals surface area contributed by atoms with Crippen molar-refractivity contribution in [2.24, 2.45) is 17.3 Å². The average Bonchev–Trinajstić information content (AvgIpc) is 3.58. The Kier molecular flexibility index (Phi) is 9.57. The summed E-state index contributed by atoms with van der Waals surface area (Å²) in [6, 6.07) is 7.37. The minimum Gasteiger partial charge on any atom is -0.488 e. The molecule has 1 saturated heterocycles. The zero-order valence-electron chi connectivity index (χ0n) is 36.1. The van der Waals surface area contributed by atoms with Gasteiger partial charge in [-0.3, -0.25) is 14.4 Å². The lowest BCUT2D eigenvalue weighted by molar-refractivity contribution is -0.357. The highest BCUT2D eigenvalue weighted by Crippen LogP contribution is 2.80. The van der Waals surface area contributed by atoms with Crippen LogP contribution in [0.25, 0.3) is 17.6 Å². The van der Waals surface area contributed by atoms with E-state index >= 15 is 4.79 Å². The number of ether oxygens (including phenoxy) is 6. The van der Waals surface area contributed by atoms with Gasteiger partial charge in [0.05, 0.1) is 29.3 Å². The highest BCUT2D eigenvalue weighted by Gasteiger charge is 2.88. The lowest BCUT2D eigenvalue weighted by atomic mass is 9.47. The molecule has 2 aromatic carbocycles. The maximum Gasteiger partial charge on any atom is 0.333 e. The van der Waals surface area contributed by atoms with Crippen LogP contribution in [0.2, 0.25) is 0 Å². The number of halogens is 1. The molecule has 4 aliphatic heterocycles. The zero-order valence-corrected chi connectivity index (χ0v) is 36.9. The molecule has 4 bridgehead atoms. The van der Waals surface area contributed by atoms with Crippen molar-refractivity contribution >= 4 is 52.7 Å². The van der Waals surface area contributed by atoms with Crippen LogP contribution < -0.4 is 14.2 Å². The van der Waals surface area contributed by atoms with E-state index in [-0.39, 0.29) is 30.2 Å². The summed E-state index contributed by atoms with van der Waals surface area (Å²) in [5, 5.41) is 0. The van der Waals surface area contributed by atoms with Gasteiger partial charge in [0.25, 0.3) is 0 Å². The van der Waals surface area contributed by atoms with E-state index < -0.39 is 58.0 Å². The molecule has 3 aliphatic carbocycles. The van der Waals surface area contributed by atoms with Gasteiger partial charge in [-0.2, -0.15) is 0 Å². The first-order valence-corrected chi connectivity index (χ1v) is 21.6. The molecule has 11 heteroatoms. The number of Topliss-reactive ketones (excluding diaryl/α,β-unsaturated/α-hetero) is 2. The number of benzene rings is 2. The van der Waals surface area contributed by atoms with Crippen molar-refractivity contribution in [3.05, 3.63) is 104 Å². The third-order valence-electron chi connectivity index (χ3n) is 13.9. The fourth-order valence-corrected chi connectivity index (χ4v) is 11.5. The van der Waals surface area contributed by atoms with Crippen LogP contribution in [-0.4, -0.2) is 59.4 Å². The van der Waals surface area contributed by atoms with Crippen LogP contribution in [0.4, 0.5) is 0 Å². The lowest BCUT2D eigenvalue weighted by Crippen LogP contribution is -2.82. The molecule has 0 amide bonds. The normalized spacial score (nSPS) is 29.0. The maximum atomic E-state index is 15.1. The fraction of sp³-hybridized carbons (Fsp3) is 0.440. The molecule has 10 nitrogen and oxygen atoms in total. The molecule has 318 valence electrons. The van der Waals surface area contributed by atoms with E-state index in [0.29, 0.717) is 74.8 Å². The summed E-state index contributed by atoms with van der Waals surface area (Å²) >= 11 is 6.20. The Morgan fingerprint density at radius 2 is 1.67 bits per heavy atom. The molecule has 2 aromatic rings. The van der Waals surface area contributed by atoms with Crippen LogP contribution in [0.15, 0.2) is 76.4 Å². The number of methoxy groups -OCH3 is 1. The Balaban J connectivity index is 1.37. The van der Waals surface area contributed by atoms with Gasteiger partial charge in [-0.15, -0.1) is 11.6 Å². The molecular weight excluding hydrogens is 796 g/mol. The fourth-order valence-electron chi connectivity index (χ4n) is 11.4. The van der Waals surface area contributed by atoms with Gasteiger partial charge in [-0.1, -0.05) is 53.6 Å². The van der Waals surface area contributed by atoms with Crippen LogP contribution in [0, 0.1) is 17.3 Å². The first kappa shape index (κ1) is 41.2. The van der Waals surface area contributed by atoms with Crippen molar-refractivity contribution in [3.63, 3.8) is 0 Å². The summed E-state index contributed by atoms with van der Waals surface area (Å²) in [5.41, 5.74) is 2.03. The minimum absolute atomic E-state index is 0.0355. The molecule has 0 aromatic heterocycles. The highest BCUT2D eigenvalue weighted by molar-refractivity contribution is 6.26. The van der Waals surface area contributed by atoms with Gasteiger partial charge in [0.1, 0.15) is 51.8 Å². The average molecular weight is 847 g/mol. The largest absolute Gasteiger partial charge is 0.488 e. The van der Waals surface area contributed by atoms with Crippen molar-refractivity contribution in [1.29, 1.82) is 0 Å². The summed E-state index contributed by atoms with van der Waals surface area (Å²) in [7, 11) is 1.31. The number of allylic oxidation sites excluding steroid dienone is 5. The second-order valence-corrected chi connectivity index (χ2v) is 18.8. The minimum atomic E-state index is -1.52. The zero-order chi connectivity index (χ0) is 43.6. The predicted octanol–water partition coefficient (Wildman–Crippen LogP) is 9.62. The van der Waals surface area contributed by atoms with Gasteiger partial charge in [-0.25, -0.2) is 4.79 Å². The first-order valence-electron chi connectivity index (χ1n) is 21.1. The Bertz CT molecular complexity index is 2560. The van der Waals surface area contributed by atoms with E-state index in [4.69, 9.17) is 40.0 Å². The molecular formula is C50H51ClO10. The predicted molar refractivity (Wildman–Crippen MR) is 230 cm³/mol. The Morgan fingerprint density at radius 1 is 0.951 bits per heavy atom. The van der Waals surface area contributed by atoms with Crippen LogP contribution in [-0.2, 0) is 35.0 Å². The molecule has 9 rings (SSSR count). The second-order valence-electron chi connectivity index (χ2n) is 18.5. The summed E-state index contributed by atoms with van der Waals surface area (Å²) in [4.78, 5) is 56.0. The summed E-state index contributed by atoms with van der Waals surface area (Å²) in [6.45, 7) is 15.8. The summed E-state index contributed by atoms with van der Waals surface area (Å²) in [6.07, 6.45) is 11.1. The van der Waals surface area contributed by atoms with E-state index in [2.05, 4.69) is 26.0 Å². The van der Waals surface area contributed by atoms with Crippen LogP contribution in [0.5, 0.6) is 17.2 Å². The molecule has 0 N–H and O–H groups in total. The van der Waals surface area contributed by atoms with Gasteiger partial charge in [0.15, 0.2) is 17.3 Å². The van der Waals surface area contributed by atoms with Crippen molar-refractivity contribution < 1.29 is 47.6 Å². The quantitative estimate of drug-likeness (QED) is 0.0751. The van der Waals surface area contributed by atoms with E-state index in [9.17, 15) is 14.4 Å². The van der Waals surface area contributed by atoms with E-state index in [1.807, 2.05) is 65.0 Å². The SMILES string of the molecule is COC(=O)C(C)=CCC12OC(C)(C)C13C1=C4OC5=C(C(=O)c6ccccc65)C1C(CC2=O)C3Oc1c(CC=C(C)C)c2c(c(OC(=O)CCl)c14)C=CC(C)(CCC=C(C)C)O2. The first-order chi connectivity index (χ1) is 28.9. The van der Waals surface area contributed by atoms with Crippen molar-refractivity contribution in [2.75, 3.05) is 13.0 Å². The number of esters is 2. The lowest BCUT2D eigenvalue weighted by Gasteiger charge is -2.70. The number of ketones is 2. The van der Waals surface area contributed by atoms with Gasteiger partial charge >= 0.3 is 11.9 Å². The number of carbonyl (C=O) groups excluding carboxylic acids is 4. The molecule has 61 heavy (non-hydrogen) atoms. The number of fused-ring (bicyclic) bond motifs is 7. The Hall–Kier alpha value is -5.19. The molecule has 3 fully saturated rings. The van der Waals surface area contributed by atoms with Crippen LogP contribution >= 0.6 is 11.6 Å². The molecule has 4 heterocycles. The molecule has 2 saturated carbocycles. The van der Waals surface area contributed by atoms with Gasteiger partial charge in [-0.05, 0) is 92.4 Å². The monoisotopic (exact) mass is 846 g/mol. The number of hydrogen-bond acceptors (Lipinski definition) is 10. The van der Waals surface area contributed by atoms with E-state index in [0.717, 1.165) is 17.6 Å². The summed E-state index contributed by atoms with van der Waals surface area (Å²) < 4.78 is 40.2. The van der Waals surface area contributed by atoms with Crippen molar-refractivity contribution in [1.82, 2.24) is 0 Å². The van der Waals surface area contributed by atoms with Gasteiger partial charge in [0, 0.05) is 46.9 Å². The van der Waals surface area contributed by atoms with Crippen molar-refractivity contribution in [2.45, 2.75) is 110 Å². The molecule has 0 radical (unpaired) electrons. The van der Waals surface area contributed by atoms with Crippen molar-refractivity contribution in [3.8, 4) is 17.2 Å². The van der Waals surface area contributed by atoms with E-state index in [1.54, 1.807) is 19.1 Å². The molecule has 6 atom stereocenters. The standard InChI is InChI=1S/C50H51ClO10/c1-25(2)13-12-20-48(8)21-19-31-40(60-48)30(17-16-26(3)4)43-37(42(31)57-34(53)24-51)44-38-35(36-39(54)28-14-10-11-15-29(28)41(36)58-44)32-23-33(52)49(22-18-27(5)46(55)56-9)50(38,45(32)59-43)47(6,7)61-49/h10-11,13-16,18-19,21,32,35,45H,12,17,20,22-24H2,1-9H3. The smallest absolute Gasteiger partial charge is 0.333 e. The maximum absolute atomic E-state index is 15.1. The third-order valence-corrected chi connectivity index (χ3v) is 14.1. The Morgan fingerprint density at radius 3 is 2.34 bits per heavy atom. The third kappa shape index (κ3) is 5.63. The number of hydrogen-bond donors (Lipinski definition) is 0. The number of rotatable bonds is 10. The molecule has 6 unspecified atom stereocenters. The Labute approximate surface area is 361 Å². The number of alkyl halides is 1. The van der Waals surface area contributed by atoms with Gasteiger partial charge in [0.2, 0.25) is 0 Å². The second kappa shape index (κ2) is 14.2. The molecule has 1 spiro atoms. The number of carbonyl (C=O) groups is 4. The van der Waals surface area contributed by atoms with Crippen LogP contribution in [0.3, 0.4) is 0 Å². The highest BCUT2D eigenvalue weighted by atomic mass is 35.5.